The molecule has 0 radical (unpaired) electrons. The van der Waals surface area contributed by atoms with Crippen LogP contribution in [-0.4, -0.2) is 39.5 Å². The van der Waals surface area contributed by atoms with E-state index in [2.05, 4.69) is 32.4 Å². The number of hydrogen-bond acceptors (Lipinski definition) is 8. The van der Waals surface area contributed by atoms with Gasteiger partial charge in [-0.3, -0.25) is 4.79 Å². The number of thioether (sulfide) groups is 1. The van der Waals surface area contributed by atoms with Gasteiger partial charge in [0.05, 0.1) is 12.9 Å². The van der Waals surface area contributed by atoms with Gasteiger partial charge in [-0.2, -0.15) is 0 Å². The van der Waals surface area contributed by atoms with Crippen LogP contribution in [0.5, 0.6) is 0 Å². The predicted octanol–water partition coefficient (Wildman–Crippen LogP) is 6.46. The van der Waals surface area contributed by atoms with Crippen LogP contribution in [-0.2, 0) is 28.9 Å². The molecule has 1 aliphatic rings. The Kier molecular flexibility index (Phi) is 7.78. The highest BCUT2D eigenvalue weighted by molar-refractivity contribution is 7.99. The van der Waals surface area contributed by atoms with Gasteiger partial charge in [0.15, 0.2) is 11.0 Å². The number of hydrogen-bond donors (Lipinski definition) is 1. The van der Waals surface area contributed by atoms with E-state index in [-0.39, 0.29) is 11.7 Å². The quantitative estimate of drug-likeness (QED) is 0.199. The first-order chi connectivity index (χ1) is 18.0. The number of methoxy groups -OCH3 is 1. The third-order valence-electron chi connectivity index (χ3n) is 6.46. The highest BCUT2D eigenvalue weighted by Gasteiger charge is 2.24. The molecule has 1 N–H and O–H groups in total. The molecule has 0 saturated carbocycles. The van der Waals surface area contributed by atoms with Gasteiger partial charge in [-0.15, -0.1) is 32.9 Å². The molecule has 1 aliphatic carbocycles. The van der Waals surface area contributed by atoms with Gasteiger partial charge in [-0.25, -0.2) is 4.79 Å². The zero-order chi connectivity index (χ0) is 25.9. The highest BCUT2D eigenvalue weighted by atomic mass is 32.2. The van der Waals surface area contributed by atoms with E-state index in [1.165, 1.54) is 59.1 Å². The Hall–Kier alpha value is -2.95. The number of esters is 1. The third kappa shape index (κ3) is 5.23. The minimum absolute atomic E-state index is 0.151. The number of nitrogens with one attached hydrogen (secondary N) is 1. The van der Waals surface area contributed by atoms with Crippen LogP contribution in [0, 0.1) is 6.92 Å². The number of aryl methyl sites for hydroxylation is 2. The summed E-state index contributed by atoms with van der Waals surface area (Å²) in [6, 6.07) is 7.91. The molecule has 5 rings (SSSR count). The molecule has 0 bridgehead atoms. The van der Waals surface area contributed by atoms with E-state index in [1.54, 1.807) is 0 Å². The van der Waals surface area contributed by atoms with Crippen molar-refractivity contribution in [1.29, 1.82) is 0 Å². The molecular weight excluding hydrogens is 525 g/mol. The summed E-state index contributed by atoms with van der Waals surface area (Å²) in [5, 5.41) is 17.1. The number of ether oxygens (including phenoxy) is 1. The zero-order valence-corrected chi connectivity index (χ0v) is 23.4. The number of anilines is 1. The molecule has 1 amide bonds. The van der Waals surface area contributed by atoms with Crippen LogP contribution >= 0.6 is 34.4 Å². The van der Waals surface area contributed by atoms with E-state index < -0.39 is 5.97 Å². The maximum Gasteiger partial charge on any atom is 0.341 e. The van der Waals surface area contributed by atoms with Gasteiger partial charge in [-0.1, -0.05) is 41.6 Å². The topological polar surface area (TPSA) is 86.1 Å². The average Bonchev–Trinajstić information content (AvgIpc) is 3.63. The van der Waals surface area contributed by atoms with E-state index in [1.807, 2.05) is 47.9 Å². The van der Waals surface area contributed by atoms with Crippen molar-refractivity contribution in [1.82, 2.24) is 14.8 Å². The molecule has 0 fully saturated rings. The van der Waals surface area contributed by atoms with Crippen molar-refractivity contribution < 1.29 is 14.3 Å². The molecule has 0 aliphatic heterocycles. The van der Waals surface area contributed by atoms with Crippen LogP contribution in [0.25, 0.3) is 22.5 Å². The molecule has 4 aromatic rings. The predicted molar refractivity (Wildman–Crippen MR) is 151 cm³/mol. The number of carbonyl (C=O) groups excluding carboxylic acids is 2. The number of benzene rings is 1. The first-order valence-electron chi connectivity index (χ1n) is 12.2. The van der Waals surface area contributed by atoms with Crippen molar-refractivity contribution in [2.24, 2.45) is 0 Å². The Morgan fingerprint density at radius 1 is 1.08 bits per heavy atom. The van der Waals surface area contributed by atoms with Crippen LogP contribution in [0.15, 0.2) is 40.2 Å². The number of nitrogens with zero attached hydrogens (tertiary/aromatic N) is 3. The maximum absolute atomic E-state index is 12.9. The summed E-state index contributed by atoms with van der Waals surface area (Å²) in [6.45, 7) is 4.79. The van der Waals surface area contributed by atoms with Crippen molar-refractivity contribution in [3.63, 3.8) is 0 Å². The average molecular weight is 553 g/mol. The van der Waals surface area contributed by atoms with Crippen LogP contribution in [0.1, 0.15) is 46.1 Å². The largest absolute Gasteiger partial charge is 0.465 e. The summed E-state index contributed by atoms with van der Waals surface area (Å²) >= 11 is 4.48. The Bertz CT molecular complexity index is 1440. The first-order valence-corrected chi connectivity index (χ1v) is 15.0. The summed E-state index contributed by atoms with van der Waals surface area (Å²) < 4.78 is 7.11. The van der Waals surface area contributed by atoms with Gasteiger partial charge in [0.25, 0.3) is 0 Å². The first kappa shape index (κ1) is 25.7. The number of fused-ring (bicyclic) bond motifs is 1. The van der Waals surface area contributed by atoms with Gasteiger partial charge in [-0.05, 0) is 50.7 Å². The lowest BCUT2D eigenvalue weighted by molar-refractivity contribution is -0.113. The number of carbonyl (C=O) groups is 2. The summed E-state index contributed by atoms with van der Waals surface area (Å²) in [6.07, 6.45) is 4.69. The van der Waals surface area contributed by atoms with Crippen molar-refractivity contribution in [2.75, 3.05) is 18.2 Å². The minimum Gasteiger partial charge on any atom is -0.465 e. The van der Waals surface area contributed by atoms with Crippen molar-refractivity contribution in [2.45, 2.75) is 51.2 Å². The van der Waals surface area contributed by atoms with Crippen molar-refractivity contribution in [3.8, 4) is 22.5 Å². The summed E-state index contributed by atoms with van der Waals surface area (Å²) in [5.41, 5.74) is 5.73. The summed E-state index contributed by atoms with van der Waals surface area (Å²) in [5.74, 6) is 0.332. The molecule has 3 heterocycles. The summed E-state index contributed by atoms with van der Waals surface area (Å²) in [7, 11) is 1.35. The molecule has 1 aromatic carbocycles. The van der Waals surface area contributed by atoms with Gasteiger partial charge in [0, 0.05) is 33.3 Å². The lowest BCUT2D eigenvalue weighted by Gasteiger charge is -2.13. The highest BCUT2D eigenvalue weighted by Crippen LogP contribution is 2.38. The molecule has 10 heteroatoms. The molecule has 0 unspecified atom stereocenters. The Morgan fingerprint density at radius 3 is 2.59 bits per heavy atom. The van der Waals surface area contributed by atoms with E-state index in [0.29, 0.717) is 22.3 Å². The van der Waals surface area contributed by atoms with E-state index in [0.717, 1.165) is 35.4 Å². The fourth-order valence-electron chi connectivity index (χ4n) is 4.55. The molecule has 7 nitrogen and oxygen atoms in total. The monoisotopic (exact) mass is 552 g/mol. The van der Waals surface area contributed by atoms with E-state index >= 15 is 0 Å². The van der Waals surface area contributed by atoms with Crippen molar-refractivity contribution >= 4 is 51.3 Å². The Labute approximate surface area is 228 Å². The molecular formula is C27H28N4O3S3. The van der Waals surface area contributed by atoms with Gasteiger partial charge in [0.2, 0.25) is 5.91 Å². The number of thiophene rings is 2. The van der Waals surface area contributed by atoms with Crippen LogP contribution in [0.2, 0.25) is 0 Å². The SMILES string of the molecule is CCn1c(SCC(=O)Nc2scc(-c3ccc(C)cc3)c2C(=O)OC)nnc1-c1csc2c1CCCC2. The van der Waals surface area contributed by atoms with Gasteiger partial charge in [0.1, 0.15) is 10.6 Å². The van der Waals surface area contributed by atoms with E-state index in [4.69, 9.17) is 4.74 Å². The van der Waals surface area contributed by atoms with Crippen LogP contribution < -0.4 is 5.32 Å². The van der Waals surface area contributed by atoms with Crippen molar-refractivity contribution in [3.05, 3.63) is 56.6 Å². The second kappa shape index (κ2) is 11.2. The number of aromatic nitrogens is 3. The second-order valence-electron chi connectivity index (χ2n) is 8.86. The molecule has 192 valence electrons. The molecule has 3 aromatic heterocycles. The Balaban J connectivity index is 1.32. The van der Waals surface area contributed by atoms with Gasteiger partial charge >= 0.3 is 5.97 Å². The van der Waals surface area contributed by atoms with Crippen LogP contribution in [0.4, 0.5) is 5.00 Å². The lowest BCUT2D eigenvalue weighted by Crippen LogP contribution is -2.16. The number of amides is 1. The summed E-state index contributed by atoms with van der Waals surface area (Å²) in [4.78, 5) is 27.0. The van der Waals surface area contributed by atoms with Gasteiger partial charge < -0.3 is 14.6 Å². The molecule has 37 heavy (non-hydrogen) atoms. The zero-order valence-electron chi connectivity index (χ0n) is 21.0. The fraction of sp³-hybridized carbons (Fsp3) is 0.333. The fourth-order valence-corrected chi connectivity index (χ4v) is 7.45. The lowest BCUT2D eigenvalue weighted by atomic mass is 9.96. The third-order valence-corrected chi connectivity index (χ3v) is 9.41. The van der Waals surface area contributed by atoms with E-state index in [9.17, 15) is 9.59 Å². The molecule has 0 atom stereocenters. The standard InChI is InChI=1S/C27H28N4O3S3/c1-4-31-24(20-14-35-21-8-6-5-7-18(20)21)29-30-27(31)37-15-22(32)28-25-23(26(33)34-3)19(13-36-25)17-11-9-16(2)10-12-17/h9-14H,4-8,15H2,1-3H3,(H,28,32). The molecule has 0 saturated heterocycles. The smallest absolute Gasteiger partial charge is 0.341 e. The Morgan fingerprint density at radius 2 is 1.84 bits per heavy atom. The second-order valence-corrected chi connectivity index (χ2v) is 11.6. The maximum atomic E-state index is 12.9. The number of rotatable bonds is 8. The van der Waals surface area contributed by atoms with Crippen LogP contribution in [0.3, 0.4) is 0 Å². The normalized spacial score (nSPS) is 12.8. The molecule has 0 spiro atoms. The minimum atomic E-state index is -0.478.